The predicted octanol–water partition coefficient (Wildman–Crippen LogP) is 3.68. The van der Waals surface area contributed by atoms with Gasteiger partial charge in [0.05, 0.1) is 24.4 Å². The van der Waals surface area contributed by atoms with E-state index < -0.39 is 17.3 Å². The van der Waals surface area contributed by atoms with Gasteiger partial charge in [-0.2, -0.15) is 5.10 Å². The van der Waals surface area contributed by atoms with Gasteiger partial charge in [-0.15, -0.1) is 0 Å². The lowest BCUT2D eigenvalue weighted by Crippen LogP contribution is -2.42. The topological polar surface area (TPSA) is 129 Å². The SMILES string of the molecule is COc1cc(-c2ccccc2)nc2c(F)c(-c3nn([C@H]4C[C@](C)(O)C4)c(N)c3C(N)=O)ccc12. The number of nitrogen functional groups attached to an aromatic ring is 1. The van der Waals surface area contributed by atoms with E-state index in [1.165, 1.54) is 17.9 Å². The molecule has 8 nitrogen and oxygen atoms in total. The predicted molar refractivity (Wildman–Crippen MR) is 127 cm³/mol. The molecule has 5 N–H and O–H groups in total. The van der Waals surface area contributed by atoms with Crippen LogP contribution in [0.15, 0.2) is 48.5 Å². The fraction of sp³-hybridized carbons (Fsp3) is 0.240. The molecule has 34 heavy (non-hydrogen) atoms. The summed E-state index contributed by atoms with van der Waals surface area (Å²) < 4.78 is 22.9. The van der Waals surface area contributed by atoms with Crippen LogP contribution < -0.4 is 16.2 Å². The quantitative estimate of drug-likeness (QED) is 0.416. The van der Waals surface area contributed by atoms with Gasteiger partial charge in [-0.05, 0) is 31.9 Å². The van der Waals surface area contributed by atoms with Gasteiger partial charge in [0, 0.05) is 22.6 Å². The number of carbonyl (C=O) groups excluding carboxylic acids is 1. The first kappa shape index (κ1) is 21.8. The number of nitrogens with two attached hydrogens (primary N) is 2. The first-order chi connectivity index (χ1) is 16.2. The largest absolute Gasteiger partial charge is 0.496 e. The van der Waals surface area contributed by atoms with Gasteiger partial charge < -0.3 is 21.3 Å². The van der Waals surface area contributed by atoms with E-state index >= 15 is 4.39 Å². The van der Waals surface area contributed by atoms with Gasteiger partial charge in [-0.25, -0.2) is 14.1 Å². The molecule has 0 aliphatic heterocycles. The van der Waals surface area contributed by atoms with Gasteiger partial charge in [0.25, 0.3) is 5.91 Å². The van der Waals surface area contributed by atoms with E-state index in [1.807, 2.05) is 30.3 Å². The molecule has 2 heterocycles. The molecule has 1 amide bonds. The van der Waals surface area contributed by atoms with E-state index in [4.69, 9.17) is 16.2 Å². The number of carbonyl (C=O) groups is 1. The lowest BCUT2D eigenvalue weighted by molar-refractivity contribution is -0.0535. The third-order valence-electron chi connectivity index (χ3n) is 6.32. The molecule has 0 spiro atoms. The number of hydrogen-bond acceptors (Lipinski definition) is 6. The Balaban J connectivity index is 1.70. The molecule has 4 aromatic rings. The molecule has 1 aliphatic rings. The lowest BCUT2D eigenvalue weighted by Gasteiger charge is -2.41. The van der Waals surface area contributed by atoms with Gasteiger partial charge in [0.2, 0.25) is 0 Å². The number of anilines is 1. The first-order valence-electron chi connectivity index (χ1n) is 10.8. The van der Waals surface area contributed by atoms with E-state index in [1.54, 1.807) is 19.1 Å². The number of rotatable bonds is 5. The standard InChI is InChI=1S/C25H24FN5O3/c1-25(33)11-14(12-25)31-23(27)19(24(28)32)21(30-31)16-9-8-15-18(34-2)10-17(29-22(15)20(16)26)13-6-4-3-5-7-13/h3-10,14,33H,11-12,27H2,1-2H3,(H2,28,32)/t14-,25-. The molecule has 0 unspecified atom stereocenters. The van der Waals surface area contributed by atoms with E-state index in [9.17, 15) is 9.90 Å². The summed E-state index contributed by atoms with van der Waals surface area (Å²) in [6.45, 7) is 1.71. The van der Waals surface area contributed by atoms with E-state index in [0.717, 1.165) is 5.56 Å². The average Bonchev–Trinajstić information content (AvgIpc) is 3.14. The van der Waals surface area contributed by atoms with Crippen molar-refractivity contribution in [2.24, 2.45) is 5.73 Å². The maximum absolute atomic E-state index is 16.0. The van der Waals surface area contributed by atoms with Crippen molar-refractivity contribution in [2.75, 3.05) is 12.8 Å². The summed E-state index contributed by atoms with van der Waals surface area (Å²) in [7, 11) is 1.51. The Morgan fingerprint density at radius 1 is 1.24 bits per heavy atom. The van der Waals surface area contributed by atoms with E-state index in [-0.39, 0.29) is 34.2 Å². The van der Waals surface area contributed by atoms with E-state index in [0.29, 0.717) is 29.7 Å². The van der Waals surface area contributed by atoms with Crippen molar-refractivity contribution in [3.05, 3.63) is 59.9 Å². The highest BCUT2D eigenvalue weighted by molar-refractivity contribution is 6.04. The maximum Gasteiger partial charge on any atom is 0.254 e. The summed E-state index contributed by atoms with van der Waals surface area (Å²) in [6, 6.07) is 14.1. The van der Waals surface area contributed by atoms with Crippen LogP contribution in [0.4, 0.5) is 10.2 Å². The molecule has 5 rings (SSSR count). The maximum atomic E-state index is 16.0. The van der Waals surface area contributed by atoms with Gasteiger partial charge in [0.15, 0.2) is 5.82 Å². The zero-order chi connectivity index (χ0) is 24.2. The van der Waals surface area contributed by atoms with Crippen molar-refractivity contribution >= 4 is 22.6 Å². The molecule has 1 fully saturated rings. The van der Waals surface area contributed by atoms with Crippen molar-refractivity contribution in [1.82, 2.24) is 14.8 Å². The second-order valence-corrected chi connectivity index (χ2v) is 8.88. The van der Waals surface area contributed by atoms with Crippen molar-refractivity contribution < 1.29 is 19.0 Å². The van der Waals surface area contributed by atoms with Crippen LogP contribution >= 0.6 is 0 Å². The molecule has 0 radical (unpaired) electrons. The van der Waals surface area contributed by atoms with Crippen molar-refractivity contribution in [2.45, 2.75) is 31.4 Å². The number of benzene rings is 2. The Morgan fingerprint density at radius 2 is 1.94 bits per heavy atom. The summed E-state index contributed by atoms with van der Waals surface area (Å²) in [4.78, 5) is 16.8. The van der Waals surface area contributed by atoms with Gasteiger partial charge >= 0.3 is 0 Å². The Kier molecular flexibility index (Phi) is 5.02. The van der Waals surface area contributed by atoms with Crippen molar-refractivity contribution in [3.8, 4) is 28.3 Å². The van der Waals surface area contributed by atoms with E-state index in [2.05, 4.69) is 10.1 Å². The fourth-order valence-electron chi connectivity index (χ4n) is 4.62. The zero-order valence-electron chi connectivity index (χ0n) is 18.7. The molecule has 1 aliphatic carbocycles. The second kappa shape index (κ2) is 7.81. The minimum Gasteiger partial charge on any atom is -0.496 e. The summed E-state index contributed by atoms with van der Waals surface area (Å²) in [5, 5.41) is 15.1. The Labute approximate surface area is 195 Å². The highest BCUT2D eigenvalue weighted by atomic mass is 19.1. The lowest BCUT2D eigenvalue weighted by atomic mass is 9.77. The third-order valence-corrected chi connectivity index (χ3v) is 6.32. The Hall–Kier alpha value is -3.98. The molecular formula is C25H24FN5O3. The number of aromatic nitrogens is 3. The average molecular weight is 461 g/mol. The number of primary amides is 1. The highest BCUT2D eigenvalue weighted by Crippen LogP contribution is 2.44. The number of aliphatic hydroxyl groups is 1. The Morgan fingerprint density at radius 3 is 2.56 bits per heavy atom. The zero-order valence-corrected chi connectivity index (χ0v) is 18.7. The van der Waals surface area contributed by atoms with Crippen LogP contribution in [-0.2, 0) is 0 Å². The molecule has 2 aromatic heterocycles. The van der Waals surface area contributed by atoms with Crippen LogP contribution in [0.3, 0.4) is 0 Å². The number of halogens is 1. The minimum absolute atomic E-state index is 0.0434. The molecule has 2 aromatic carbocycles. The number of nitrogens with zero attached hydrogens (tertiary/aromatic N) is 3. The summed E-state index contributed by atoms with van der Waals surface area (Å²) >= 11 is 0. The normalized spacial score (nSPS) is 19.7. The number of methoxy groups -OCH3 is 1. The fourth-order valence-corrected chi connectivity index (χ4v) is 4.62. The summed E-state index contributed by atoms with van der Waals surface area (Å²) in [5.41, 5.74) is 12.4. The van der Waals surface area contributed by atoms with Gasteiger partial charge in [0.1, 0.15) is 28.3 Å². The molecule has 174 valence electrons. The van der Waals surface area contributed by atoms with Gasteiger partial charge in [-0.1, -0.05) is 30.3 Å². The Bertz CT molecular complexity index is 1420. The van der Waals surface area contributed by atoms with Crippen LogP contribution in [0.25, 0.3) is 33.4 Å². The van der Waals surface area contributed by atoms with Crippen molar-refractivity contribution in [1.29, 1.82) is 0 Å². The first-order valence-corrected chi connectivity index (χ1v) is 10.8. The molecular weight excluding hydrogens is 437 g/mol. The molecule has 0 bridgehead atoms. The number of ether oxygens (including phenoxy) is 1. The molecule has 9 heteroatoms. The molecule has 0 saturated heterocycles. The van der Waals surface area contributed by atoms with Gasteiger partial charge in [-0.3, -0.25) is 4.79 Å². The number of pyridine rings is 1. The number of fused-ring (bicyclic) bond motifs is 1. The minimum atomic E-state index is -0.835. The second-order valence-electron chi connectivity index (χ2n) is 8.88. The summed E-state index contributed by atoms with van der Waals surface area (Å²) in [5.74, 6) is -0.966. The monoisotopic (exact) mass is 461 g/mol. The molecule has 0 atom stereocenters. The summed E-state index contributed by atoms with van der Waals surface area (Å²) in [6.07, 6.45) is 0.825. The highest BCUT2D eigenvalue weighted by Gasteiger charge is 2.42. The van der Waals surface area contributed by atoms with Crippen LogP contribution in [0.5, 0.6) is 5.75 Å². The molecule has 1 saturated carbocycles. The van der Waals surface area contributed by atoms with Crippen molar-refractivity contribution in [3.63, 3.8) is 0 Å². The van der Waals surface area contributed by atoms with Crippen LogP contribution in [0.1, 0.15) is 36.2 Å². The van der Waals surface area contributed by atoms with Crippen LogP contribution in [0.2, 0.25) is 0 Å². The van der Waals surface area contributed by atoms with Crippen LogP contribution in [-0.4, -0.2) is 38.5 Å². The third kappa shape index (κ3) is 3.45. The van der Waals surface area contributed by atoms with Crippen LogP contribution in [0, 0.1) is 5.82 Å². The smallest absolute Gasteiger partial charge is 0.254 e. The number of hydrogen-bond donors (Lipinski definition) is 3. The number of amides is 1.